The molecule has 2 N–H and O–H groups in total. The summed E-state index contributed by atoms with van der Waals surface area (Å²) in [4.78, 5) is 24.7. The van der Waals surface area contributed by atoms with E-state index in [1.807, 2.05) is 25.2 Å². The number of anilines is 3. The maximum atomic E-state index is 11.7. The molecule has 0 bridgehead atoms. The first-order chi connectivity index (χ1) is 11.5. The van der Waals surface area contributed by atoms with Crippen LogP contribution >= 0.6 is 0 Å². The number of hydrogen-bond donors (Lipinski definition) is 2. The zero-order valence-corrected chi connectivity index (χ0v) is 13.5. The number of carbonyl (C=O) groups excluding carboxylic acids is 1. The first-order valence-corrected chi connectivity index (χ1v) is 7.61. The number of rotatable bonds is 4. The largest absolute Gasteiger partial charge is 0.374 e. The Kier molecular flexibility index (Phi) is 4.07. The number of benzene rings is 2. The van der Waals surface area contributed by atoms with Crippen molar-refractivity contribution in [1.82, 2.24) is 5.32 Å². The van der Waals surface area contributed by atoms with Gasteiger partial charge in [-0.1, -0.05) is 6.07 Å². The summed E-state index contributed by atoms with van der Waals surface area (Å²) in [6.07, 6.45) is 1.01. The van der Waals surface area contributed by atoms with Crippen LogP contribution in [0, 0.1) is 10.1 Å². The summed E-state index contributed by atoms with van der Waals surface area (Å²) in [6.45, 7) is 0.972. The van der Waals surface area contributed by atoms with Crippen LogP contribution in [0.3, 0.4) is 0 Å². The monoisotopic (exact) mass is 326 g/mol. The van der Waals surface area contributed by atoms with E-state index in [2.05, 4.69) is 15.5 Å². The van der Waals surface area contributed by atoms with Gasteiger partial charge in [-0.05, 0) is 36.2 Å². The number of nitrogens with zero attached hydrogens (tertiary/aromatic N) is 2. The smallest absolute Gasteiger partial charge is 0.293 e. The predicted octanol–water partition coefficient (Wildman–Crippen LogP) is 2.69. The molecule has 24 heavy (non-hydrogen) atoms. The zero-order chi connectivity index (χ0) is 17.3. The van der Waals surface area contributed by atoms with Crippen LogP contribution in [0.15, 0.2) is 36.4 Å². The summed E-state index contributed by atoms with van der Waals surface area (Å²) in [5.41, 5.74) is 3.65. The fourth-order valence-electron chi connectivity index (χ4n) is 2.85. The van der Waals surface area contributed by atoms with Gasteiger partial charge in [0.25, 0.3) is 11.6 Å². The molecule has 1 aliphatic heterocycles. The molecule has 124 valence electrons. The predicted molar refractivity (Wildman–Crippen MR) is 93.2 cm³/mol. The van der Waals surface area contributed by atoms with Crippen LogP contribution in [0.4, 0.5) is 22.7 Å². The average molecular weight is 326 g/mol. The number of nitro benzene ring substituents is 1. The number of amides is 1. The van der Waals surface area contributed by atoms with Gasteiger partial charge in [0, 0.05) is 43.6 Å². The highest BCUT2D eigenvalue weighted by molar-refractivity contribution is 5.95. The van der Waals surface area contributed by atoms with E-state index in [9.17, 15) is 14.9 Å². The maximum absolute atomic E-state index is 11.7. The minimum Gasteiger partial charge on any atom is -0.374 e. The lowest BCUT2D eigenvalue weighted by molar-refractivity contribution is -0.383. The highest BCUT2D eigenvalue weighted by atomic mass is 16.6. The van der Waals surface area contributed by atoms with Crippen molar-refractivity contribution in [2.24, 2.45) is 0 Å². The van der Waals surface area contributed by atoms with E-state index in [4.69, 9.17) is 0 Å². The Labute approximate surface area is 139 Å². The van der Waals surface area contributed by atoms with Crippen molar-refractivity contribution in [3.63, 3.8) is 0 Å². The fourth-order valence-corrected chi connectivity index (χ4v) is 2.85. The van der Waals surface area contributed by atoms with Crippen LogP contribution in [0.25, 0.3) is 0 Å². The van der Waals surface area contributed by atoms with E-state index in [0.29, 0.717) is 5.69 Å². The number of nitrogens with one attached hydrogen (secondary N) is 2. The highest BCUT2D eigenvalue weighted by Gasteiger charge is 2.19. The quantitative estimate of drug-likeness (QED) is 0.666. The molecule has 7 nitrogen and oxygen atoms in total. The normalized spacial score (nSPS) is 12.7. The van der Waals surface area contributed by atoms with Crippen LogP contribution in [-0.4, -0.2) is 31.5 Å². The van der Waals surface area contributed by atoms with Crippen molar-refractivity contribution in [2.45, 2.75) is 6.42 Å². The highest BCUT2D eigenvalue weighted by Crippen LogP contribution is 2.33. The Morgan fingerprint density at radius 3 is 2.75 bits per heavy atom. The molecule has 0 radical (unpaired) electrons. The van der Waals surface area contributed by atoms with Gasteiger partial charge >= 0.3 is 0 Å². The number of hydrogen-bond acceptors (Lipinski definition) is 5. The molecule has 0 spiro atoms. The van der Waals surface area contributed by atoms with Gasteiger partial charge in [-0.2, -0.15) is 0 Å². The fraction of sp³-hybridized carbons (Fsp3) is 0.235. The van der Waals surface area contributed by atoms with Gasteiger partial charge in [0.2, 0.25) is 0 Å². The molecule has 0 fully saturated rings. The van der Waals surface area contributed by atoms with Crippen molar-refractivity contribution in [3.05, 3.63) is 57.6 Å². The lowest BCUT2D eigenvalue weighted by Crippen LogP contribution is -2.17. The van der Waals surface area contributed by atoms with Gasteiger partial charge in [-0.25, -0.2) is 0 Å². The van der Waals surface area contributed by atoms with Gasteiger partial charge in [0.05, 0.1) is 4.92 Å². The summed E-state index contributed by atoms with van der Waals surface area (Å²) in [5, 5.41) is 16.9. The van der Waals surface area contributed by atoms with Gasteiger partial charge in [-0.3, -0.25) is 14.9 Å². The van der Waals surface area contributed by atoms with Crippen molar-refractivity contribution in [2.75, 3.05) is 30.9 Å². The second-order valence-corrected chi connectivity index (χ2v) is 5.71. The Hall–Kier alpha value is -3.09. The topological polar surface area (TPSA) is 87.5 Å². The second-order valence-electron chi connectivity index (χ2n) is 5.71. The van der Waals surface area contributed by atoms with Crippen molar-refractivity contribution >= 4 is 28.7 Å². The van der Waals surface area contributed by atoms with Gasteiger partial charge < -0.3 is 15.5 Å². The number of carbonyl (C=O) groups is 1. The first-order valence-electron chi connectivity index (χ1n) is 7.61. The number of nitro groups is 1. The summed E-state index contributed by atoms with van der Waals surface area (Å²) in [7, 11) is 3.51. The molecule has 1 amide bonds. The van der Waals surface area contributed by atoms with Gasteiger partial charge in [0.1, 0.15) is 5.69 Å². The van der Waals surface area contributed by atoms with E-state index in [1.165, 1.54) is 18.7 Å². The van der Waals surface area contributed by atoms with E-state index in [1.54, 1.807) is 12.1 Å². The minimum atomic E-state index is -0.492. The van der Waals surface area contributed by atoms with Crippen LogP contribution in [-0.2, 0) is 6.42 Å². The molecule has 3 rings (SSSR count). The third-order valence-electron chi connectivity index (χ3n) is 4.18. The van der Waals surface area contributed by atoms with Crippen LogP contribution in [0.1, 0.15) is 15.9 Å². The molecule has 0 aromatic heterocycles. The molecule has 7 heteroatoms. The lowest BCUT2D eigenvalue weighted by atomic mass is 10.1. The molecule has 2 aromatic rings. The van der Waals surface area contributed by atoms with E-state index in [0.717, 1.165) is 24.3 Å². The minimum absolute atomic E-state index is 0.134. The zero-order valence-electron chi connectivity index (χ0n) is 13.5. The average Bonchev–Trinajstić information content (AvgIpc) is 2.95. The first kappa shape index (κ1) is 15.8. The van der Waals surface area contributed by atoms with Gasteiger partial charge in [-0.15, -0.1) is 0 Å². The summed E-state index contributed by atoms with van der Waals surface area (Å²) in [5.74, 6) is -0.358. The summed E-state index contributed by atoms with van der Waals surface area (Å²) < 4.78 is 0. The lowest BCUT2D eigenvalue weighted by Gasteiger charge is -2.14. The van der Waals surface area contributed by atoms with E-state index >= 15 is 0 Å². The molecular weight excluding hydrogens is 308 g/mol. The van der Waals surface area contributed by atoms with Crippen molar-refractivity contribution in [3.8, 4) is 0 Å². The molecule has 0 saturated carbocycles. The standard InChI is InChI=1S/C17H18N4O3/c1-18-17(22)12-4-6-14(16(9-12)21(23)24)19-13-5-3-11-7-8-20(2)15(11)10-13/h3-6,9-10,19H,7-8H2,1-2H3,(H,18,22). The second kappa shape index (κ2) is 6.19. The molecule has 1 aliphatic rings. The Balaban J connectivity index is 1.94. The molecule has 0 atom stereocenters. The molecule has 0 aliphatic carbocycles. The third-order valence-corrected chi connectivity index (χ3v) is 4.18. The maximum Gasteiger partial charge on any atom is 0.293 e. The Bertz CT molecular complexity index is 819. The summed E-state index contributed by atoms with van der Waals surface area (Å²) >= 11 is 0. The van der Waals surface area contributed by atoms with Crippen molar-refractivity contribution in [1.29, 1.82) is 0 Å². The molecule has 1 heterocycles. The van der Waals surface area contributed by atoms with Crippen molar-refractivity contribution < 1.29 is 9.72 Å². The molecule has 2 aromatic carbocycles. The molecule has 0 unspecified atom stereocenters. The van der Waals surface area contributed by atoms with E-state index < -0.39 is 4.92 Å². The summed E-state index contributed by atoms with van der Waals surface area (Å²) in [6, 6.07) is 10.3. The Morgan fingerprint density at radius 1 is 1.25 bits per heavy atom. The van der Waals surface area contributed by atoms with Crippen LogP contribution < -0.4 is 15.5 Å². The van der Waals surface area contributed by atoms with Gasteiger partial charge in [0.15, 0.2) is 0 Å². The number of likely N-dealkylation sites (N-methyl/N-ethyl adjacent to an activating group) is 1. The molecular formula is C17H18N4O3. The third kappa shape index (κ3) is 2.88. The van der Waals surface area contributed by atoms with Crippen LogP contribution in [0.2, 0.25) is 0 Å². The molecule has 0 saturated heterocycles. The van der Waals surface area contributed by atoms with Crippen LogP contribution in [0.5, 0.6) is 0 Å². The van der Waals surface area contributed by atoms with E-state index in [-0.39, 0.29) is 17.2 Å². The SMILES string of the molecule is CNC(=O)c1ccc(Nc2ccc3c(c2)N(C)CC3)c([N+](=O)[O-])c1. The number of fused-ring (bicyclic) bond motifs is 1. The Morgan fingerprint density at radius 2 is 2.04 bits per heavy atom.